The zero-order valence-electron chi connectivity index (χ0n) is 35.2. The number of hydrogen-bond acceptors (Lipinski definition) is 4. The summed E-state index contributed by atoms with van der Waals surface area (Å²) in [5.74, 6) is -1.76. The standard InChI is InChI=1S/C34H34N4O4.C20H12/c1-7-21-17(3)25-13-26-19(5)23(9-11-33(39)40)31(37-26)16-32-24(10-12-34(41)42)20(6)28(38-32)15-30-22(8-2)18(4)27(36-30)14-29(21)35-25;1-5-13-6-2-11-17-18-12-4-8-14-7-3-10-16(20(14)18)15(9-1)19(13)17/h7-8,13-16,35,38H,1-2,9-12H2,3-6H3,(H,39,40)(H,41,42);1-12H. The van der Waals surface area contributed by atoms with Gasteiger partial charge in [-0.1, -0.05) is 98.1 Å². The van der Waals surface area contributed by atoms with E-state index in [-0.39, 0.29) is 12.8 Å². The molecule has 0 unspecified atom stereocenters. The van der Waals surface area contributed by atoms with Crippen molar-refractivity contribution in [3.63, 3.8) is 0 Å². The highest BCUT2D eigenvalue weighted by molar-refractivity contribution is 6.32. The predicted octanol–water partition coefficient (Wildman–Crippen LogP) is 13.2. The van der Waals surface area contributed by atoms with Crippen molar-refractivity contribution in [1.29, 1.82) is 0 Å². The molecule has 0 fully saturated rings. The Morgan fingerprint density at radius 2 is 1.03 bits per heavy atom. The number of benzene rings is 5. The highest BCUT2D eigenvalue weighted by atomic mass is 16.4. The molecule has 62 heavy (non-hydrogen) atoms. The van der Waals surface area contributed by atoms with Crippen LogP contribution in [0.1, 0.15) is 78.1 Å². The minimum absolute atomic E-state index is 0.0259. The molecular weight excluding hydrogens is 769 g/mol. The third-order valence-corrected chi connectivity index (χ3v) is 12.6. The maximum Gasteiger partial charge on any atom is 0.303 e. The van der Waals surface area contributed by atoms with Gasteiger partial charge in [-0.25, -0.2) is 9.97 Å². The highest BCUT2D eigenvalue weighted by Crippen LogP contribution is 2.40. The number of aromatic amines is 2. The van der Waals surface area contributed by atoms with Gasteiger partial charge < -0.3 is 20.2 Å². The van der Waals surface area contributed by atoms with Gasteiger partial charge in [0.15, 0.2) is 0 Å². The van der Waals surface area contributed by atoms with E-state index < -0.39 is 11.9 Å². The number of rotatable bonds is 8. The number of hydrogen-bond donors (Lipinski definition) is 4. The van der Waals surface area contributed by atoms with Gasteiger partial charge in [-0.15, -0.1) is 0 Å². The Morgan fingerprint density at radius 1 is 0.565 bits per heavy atom. The van der Waals surface area contributed by atoms with Gasteiger partial charge in [-0.05, 0) is 141 Å². The number of carboxylic acids is 2. The molecule has 8 nitrogen and oxygen atoms in total. The topological polar surface area (TPSA) is 132 Å². The normalized spacial score (nSPS) is 12.7. The van der Waals surface area contributed by atoms with Crippen molar-refractivity contribution in [3.05, 3.63) is 161 Å². The Balaban J connectivity index is 0.000000201. The Morgan fingerprint density at radius 3 is 1.58 bits per heavy atom. The second-order valence-corrected chi connectivity index (χ2v) is 16.1. The Kier molecular flexibility index (Phi) is 10.2. The first-order valence-corrected chi connectivity index (χ1v) is 20.8. The number of carbonyl (C=O) groups is 2. The number of aryl methyl sites for hydroxylation is 3. The Bertz CT molecular complexity index is 3280. The molecule has 8 bridgehead atoms. The fourth-order valence-electron chi connectivity index (χ4n) is 9.35. The molecular formula is C54H46N4O4. The van der Waals surface area contributed by atoms with E-state index in [1.165, 1.54) is 43.1 Å². The second-order valence-electron chi connectivity index (χ2n) is 16.1. The lowest BCUT2D eigenvalue weighted by Crippen LogP contribution is -1.98. The molecule has 0 radical (unpaired) electrons. The summed E-state index contributed by atoms with van der Waals surface area (Å²) in [4.78, 5) is 40.0. The molecule has 0 spiro atoms. The minimum atomic E-state index is -0.883. The summed E-state index contributed by atoms with van der Waals surface area (Å²) < 4.78 is 0. The van der Waals surface area contributed by atoms with Crippen LogP contribution in [-0.2, 0) is 16.0 Å². The monoisotopic (exact) mass is 814 g/mol. The Labute approximate surface area is 358 Å². The van der Waals surface area contributed by atoms with Crippen molar-refractivity contribution in [2.45, 2.75) is 53.4 Å². The molecule has 3 aromatic heterocycles. The molecule has 0 atom stereocenters. The molecule has 8 heteroatoms. The smallest absolute Gasteiger partial charge is 0.303 e. The second kappa shape index (κ2) is 15.8. The van der Waals surface area contributed by atoms with Gasteiger partial charge in [0.25, 0.3) is 0 Å². The van der Waals surface area contributed by atoms with Crippen molar-refractivity contribution in [1.82, 2.24) is 19.9 Å². The summed E-state index contributed by atoms with van der Waals surface area (Å²) in [5, 5.41) is 29.8. The van der Waals surface area contributed by atoms with Crippen molar-refractivity contribution in [2.75, 3.05) is 0 Å². The quantitative estimate of drug-likeness (QED) is 0.0892. The summed E-state index contributed by atoms with van der Waals surface area (Å²) in [5.41, 5.74) is 13.7. The maximum atomic E-state index is 11.5. The van der Waals surface area contributed by atoms with Crippen LogP contribution in [0.2, 0.25) is 0 Å². The van der Waals surface area contributed by atoms with E-state index in [4.69, 9.17) is 9.97 Å². The lowest BCUT2D eigenvalue weighted by Gasteiger charge is -2.13. The molecule has 4 N–H and O–H groups in total. The molecule has 0 saturated carbocycles. The number of nitrogens with zero attached hydrogens (tertiary/aromatic N) is 2. The lowest BCUT2D eigenvalue weighted by atomic mass is 9.90. The highest BCUT2D eigenvalue weighted by Gasteiger charge is 2.21. The molecule has 0 aliphatic carbocycles. The van der Waals surface area contributed by atoms with E-state index in [1.807, 2.05) is 58.0 Å². The lowest BCUT2D eigenvalue weighted by molar-refractivity contribution is -0.137. The minimum Gasteiger partial charge on any atom is -0.481 e. The van der Waals surface area contributed by atoms with E-state index in [0.717, 1.165) is 83.7 Å². The van der Waals surface area contributed by atoms with Crippen LogP contribution in [0.3, 0.4) is 0 Å². The van der Waals surface area contributed by atoms with Crippen molar-refractivity contribution < 1.29 is 19.8 Å². The maximum absolute atomic E-state index is 11.5. The van der Waals surface area contributed by atoms with Gasteiger partial charge >= 0.3 is 11.9 Å². The molecule has 10 rings (SSSR count). The van der Waals surface area contributed by atoms with Crippen LogP contribution in [0.5, 0.6) is 0 Å². The number of aliphatic carboxylic acids is 2. The van der Waals surface area contributed by atoms with Crippen LogP contribution in [0.25, 0.3) is 93.5 Å². The molecule has 8 aromatic rings. The SMILES string of the molecule is C=CC1=C(C)c2cc3[nH]c(cc4nc(cc5[nH]c(cc1n2)c(C)c5CCC(=O)O)C(CCC(=O)O)=C4C)c(C)c3C=C.c1cc2cccc3c4cccc5cccc(c(c1)c23)c54. The zero-order valence-corrected chi connectivity index (χ0v) is 35.2. The molecule has 0 amide bonds. The van der Waals surface area contributed by atoms with Gasteiger partial charge in [0.2, 0.25) is 0 Å². The average molecular weight is 815 g/mol. The molecule has 0 saturated heterocycles. The van der Waals surface area contributed by atoms with E-state index in [0.29, 0.717) is 18.5 Å². The third-order valence-electron chi connectivity index (χ3n) is 12.6. The summed E-state index contributed by atoms with van der Waals surface area (Å²) in [6.45, 7) is 16.0. The van der Waals surface area contributed by atoms with Crippen molar-refractivity contribution >= 4 is 105 Å². The number of nitrogens with one attached hydrogen (secondary N) is 2. The van der Waals surface area contributed by atoms with Crippen LogP contribution < -0.4 is 0 Å². The first-order valence-electron chi connectivity index (χ1n) is 20.8. The summed E-state index contributed by atoms with van der Waals surface area (Å²) in [6, 6.07) is 34.3. The molecule has 2 aliphatic rings. The number of H-pyrrole nitrogens is 2. The number of fused-ring (bicyclic) bond motifs is 10. The predicted molar refractivity (Wildman–Crippen MR) is 256 cm³/mol. The fraction of sp³-hybridized carbons (Fsp3) is 0.148. The summed E-state index contributed by atoms with van der Waals surface area (Å²) in [7, 11) is 0. The average Bonchev–Trinajstić information content (AvgIpc) is 3.93. The van der Waals surface area contributed by atoms with Gasteiger partial charge in [0, 0.05) is 46.0 Å². The largest absolute Gasteiger partial charge is 0.481 e. The van der Waals surface area contributed by atoms with Crippen LogP contribution in [0, 0.1) is 13.8 Å². The van der Waals surface area contributed by atoms with Crippen LogP contribution >= 0.6 is 0 Å². The van der Waals surface area contributed by atoms with Crippen LogP contribution in [-0.4, -0.2) is 42.1 Å². The molecule has 5 heterocycles. The van der Waals surface area contributed by atoms with Gasteiger partial charge in [-0.3, -0.25) is 9.59 Å². The summed E-state index contributed by atoms with van der Waals surface area (Å²) >= 11 is 0. The van der Waals surface area contributed by atoms with E-state index in [1.54, 1.807) is 6.08 Å². The first kappa shape index (κ1) is 39.9. The fourth-order valence-corrected chi connectivity index (χ4v) is 9.35. The number of carboxylic acid groups (broad SMARTS) is 2. The van der Waals surface area contributed by atoms with Crippen molar-refractivity contribution in [2.24, 2.45) is 0 Å². The first-order chi connectivity index (χ1) is 29.9. The van der Waals surface area contributed by atoms with Gasteiger partial charge in [-0.2, -0.15) is 0 Å². The number of allylic oxidation sites excluding steroid dienone is 5. The van der Waals surface area contributed by atoms with Gasteiger partial charge in [0.1, 0.15) is 0 Å². The third kappa shape index (κ3) is 6.83. The van der Waals surface area contributed by atoms with Crippen molar-refractivity contribution in [3.8, 4) is 0 Å². The number of aromatic nitrogens is 4. The summed E-state index contributed by atoms with van der Waals surface area (Å²) in [6.07, 6.45) is 4.22. The van der Waals surface area contributed by atoms with Crippen LogP contribution in [0.15, 0.2) is 116 Å². The van der Waals surface area contributed by atoms with E-state index in [2.05, 4.69) is 95.9 Å². The Hall–Kier alpha value is -7.58. The van der Waals surface area contributed by atoms with E-state index >= 15 is 0 Å². The zero-order chi connectivity index (χ0) is 43.4. The van der Waals surface area contributed by atoms with Gasteiger partial charge in [0.05, 0.1) is 22.8 Å². The molecule has 306 valence electrons. The molecule has 5 aromatic carbocycles. The van der Waals surface area contributed by atoms with E-state index in [9.17, 15) is 19.8 Å². The van der Waals surface area contributed by atoms with Crippen LogP contribution in [0.4, 0.5) is 0 Å². The molecule has 2 aliphatic heterocycles.